The normalized spacial score (nSPS) is 31.7. The van der Waals surface area contributed by atoms with E-state index < -0.39 is 36.9 Å². The molecule has 1 amide bonds. The molecule has 0 radical (unpaired) electrons. The van der Waals surface area contributed by atoms with Gasteiger partial charge in [-0.3, -0.25) is 4.79 Å². The van der Waals surface area contributed by atoms with Crippen molar-refractivity contribution in [2.45, 2.75) is 50.5 Å². The first-order valence-electron chi connectivity index (χ1n) is 9.70. The summed E-state index contributed by atoms with van der Waals surface area (Å²) in [6, 6.07) is 18.4. The van der Waals surface area contributed by atoms with Crippen molar-refractivity contribution in [3.05, 3.63) is 71.8 Å². The standard InChI is InChI=1S/C22H25NO6/c1-14(24)23-18-19(25)20-17(13-27-21(29-20)16-10-6-3-7-11-16)28-22(18)26-12-15-8-4-2-5-9-15/h2-11,17-22,25H,12-13H2,1H3,(H,23,24)/t17?,18-,19?,20+,21?,22+/m0/s1. The molecule has 0 aliphatic carbocycles. The maximum absolute atomic E-state index is 11.7. The second-order valence-corrected chi connectivity index (χ2v) is 7.23. The highest BCUT2D eigenvalue weighted by Crippen LogP contribution is 2.34. The molecule has 0 saturated carbocycles. The Hall–Kier alpha value is -2.29. The molecule has 0 aromatic heterocycles. The lowest BCUT2D eigenvalue weighted by molar-refractivity contribution is -0.345. The van der Waals surface area contributed by atoms with Crippen molar-refractivity contribution in [3.8, 4) is 0 Å². The van der Waals surface area contributed by atoms with Crippen LogP contribution in [-0.4, -0.2) is 48.3 Å². The second kappa shape index (κ2) is 9.02. The minimum atomic E-state index is -1.01. The van der Waals surface area contributed by atoms with Crippen LogP contribution in [-0.2, 0) is 30.3 Å². The molecule has 2 aromatic carbocycles. The number of carbonyl (C=O) groups excluding carboxylic acids is 1. The van der Waals surface area contributed by atoms with E-state index in [4.69, 9.17) is 18.9 Å². The molecular weight excluding hydrogens is 374 g/mol. The summed E-state index contributed by atoms with van der Waals surface area (Å²) in [7, 11) is 0. The Morgan fingerprint density at radius 3 is 2.48 bits per heavy atom. The zero-order valence-corrected chi connectivity index (χ0v) is 16.1. The molecule has 2 fully saturated rings. The average molecular weight is 399 g/mol. The fourth-order valence-electron chi connectivity index (χ4n) is 3.65. The van der Waals surface area contributed by atoms with E-state index in [2.05, 4.69) is 5.32 Å². The zero-order chi connectivity index (χ0) is 20.2. The van der Waals surface area contributed by atoms with E-state index >= 15 is 0 Å². The van der Waals surface area contributed by atoms with Crippen molar-refractivity contribution < 1.29 is 28.8 Å². The molecule has 7 nitrogen and oxygen atoms in total. The minimum absolute atomic E-state index is 0.249. The van der Waals surface area contributed by atoms with Crippen LogP contribution in [0.25, 0.3) is 0 Å². The molecule has 2 N–H and O–H groups in total. The number of aliphatic hydroxyl groups excluding tert-OH is 1. The number of hydrogen-bond donors (Lipinski definition) is 2. The number of amides is 1. The summed E-state index contributed by atoms with van der Waals surface area (Å²) in [5.74, 6) is -0.281. The summed E-state index contributed by atoms with van der Waals surface area (Å²) in [4.78, 5) is 11.7. The molecule has 3 unspecified atom stereocenters. The van der Waals surface area contributed by atoms with Gasteiger partial charge in [0.2, 0.25) is 5.91 Å². The average Bonchev–Trinajstić information content (AvgIpc) is 2.75. The van der Waals surface area contributed by atoms with Crippen LogP contribution in [0.4, 0.5) is 0 Å². The predicted molar refractivity (Wildman–Crippen MR) is 104 cm³/mol. The number of fused-ring (bicyclic) bond motifs is 1. The quantitative estimate of drug-likeness (QED) is 0.799. The lowest BCUT2D eigenvalue weighted by Gasteiger charge is -2.47. The Bertz CT molecular complexity index is 801. The van der Waals surface area contributed by atoms with Gasteiger partial charge in [-0.05, 0) is 5.56 Å². The maximum Gasteiger partial charge on any atom is 0.217 e. The summed E-state index contributed by atoms with van der Waals surface area (Å²) in [5.41, 5.74) is 1.83. The van der Waals surface area contributed by atoms with Gasteiger partial charge in [-0.1, -0.05) is 60.7 Å². The molecule has 4 rings (SSSR count). The third kappa shape index (κ3) is 4.66. The number of aliphatic hydroxyl groups is 1. The molecule has 2 aromatic rings. The van der Waals surface area contributed by atoms with Crippen LogP contribution in [0.1, 0.15) is 24.3 Å². The Labute approximate surface area is 169 Å². The van der Waals surface area contributed by atoms with Gasteiger partial charge in [-0.2, -0.15) is 0 Å². The molecule has 6 atom stereocenters. The molecule has 2 aliphatic heterocycles. The molecule has 2 saturated heterocycles. The highest BCUT2D eigenvalue weighted by Gasteiger charge is 2.50. The van der Waals surface area contributed by atoms with E-state index in [1.807, 2.05) is 60.7 Å². The van der Waals surface area contributed by atoms with Gasteiger partial charge in [-0.15, -0.1) is 0 Å². The Morgan fingerprint density at radius 2 is 1.79 bits per heavy atom. The van der Waals surface area contributed by atoms with Crippen molar-refractivity contribution in [1.82, 2.24) is 5.32 Å². The van der Waals surface area contributed by atoms with Crippen LogP contribution < -0.4 is 5.32 Å². The van der Waals surface area contributed by atoms with Crippen molar-refractivity contribution >= 4 is 5.91 Å². The highest BCUT2D eigenvalue weighted by atomic mass is 16.7. The molecule has 2 heterocycles. The van der Waals surface area contributed by atoms with Crippen molar-refractivity contribution in [2.75, 3.05) is 6.61 Å². The van der Waals surface area contributed by atoms with Gasteiger partial charge >= 0.3 is 0 Å². The van der Waals surface area contributed by atoms with E-state index in [-0.39, 0.29) is 12.5 Å². The SMILES string of the molecule is CC(=O)N[C@H]1C(O)[C@@H]2OC(c3ccccc3)OCC2O[C@H]1OCc1ccccc1. The highest BCUT2D eigenvalue weighted by molar-refractivity contribution is 5.73. The second-order valence-electron chi connectivity index (χ2n) is 7.23. The van der Waals surface area contributed by atoms with Crippen molar-refractivity contribution in [3.63, 3.8) is 0 Å². The lowest BCUT2D eigenvalue weighted by Crippen LogP contribution is -2.66. The fourth-order valence-corrected chi connectivity index (χ4v) is 3.65. The Morgan fingerprint density at radius 1 is 1.10 bits per heavy atom. The lowest BCUT2D eigenvalue weighted by atomic mass is 9.95. The van der Waals surface area contributed by atoms with E-state index in [0.717, 1.165) is 11.1 Å². The van der Waals surface area contributed by atoms with Crippen LogP contribution in [0.2, 0.25) is 0 Å². The molecule has 0 spiro atoms. The molecular formula is C22H25NO6. The number of ether oxygens (including phenoxy) is 4. The monoisotopic (exact) mass is 399 g/mol. The van der Waals surface area contributed by atoms with Gasteiger partial charge < -0.3 is 29.4 Å². The summed E-state index contributed by atoms with van der Waals surface area (Å²) in [6.45, 7) is 1.93. The van der Waals surface area contributed by atoms with Gasteiger partial charge in [0.25, 0.3) is 0 Å². The zero-order valence-electron chi connectivity index (χ0n) is 16.1. The third-order valence-corrected chi connectivity index (χ3v) is 5.06. The molecule has 7 heteroatoms. The van der Waals surface area contributed by atoms with Crippen LogP contribution >= 0.6 is 0 Å². The third-order valence-electron chi connectivity index (χ3n) is 5.06. The Kier molecular flexibility index (Phi) is 6.22. The van der Waals surface area contributed by atoms with Gasteiger partial charge in [-0.25, -0.2) is 0 Å². The van der Waals surface area contributed by atoms with Gasteiger partial charge in [0.1, 0.15) is 24.4 Å². The van der Waals surface area contributed by atoms with Gasteiger partial charge in [0.05, 0.1) is 13.2 Å². The summed E-state index contributed by atoms with van der Waals surface area (Å²) in [6.07, 6.45) is -3.59. The van der Waals surface area contributed by atoms with Gasteiger partial charge in [0, 0.05) is 12.5 Å². The number of carbonyl (C=O) groups is 1. The number of nitrogens with one attached hydrogen (secondary N) is 1. The maximum atomic E-state index is 11.7. The summed E-state index contributed by atoms with van der Waals surface area (Å²) in [5, 5.41) is 13.7. The summed E-state index contributed by atoms with van der Waals surface area (Å²) >= 11 is 0. The smallest absolute Gasteiger partial charge is 0.217 e. The predicted octanol–water partition coefficient (Wildman–Crippen LogP) is 1.91. The fraction of sp³-hybridized carbons (Fsp3) is 0.409. The number of benzene rings is 2. The first kappa shape index (κ1) is 20.0. The van der Waals surface area contributed by atoms with Crippen molar-refractivity contribution in [1.29, 1.82) is 0 Å². The number of rotatable bonds is 5. The molecule has 29 heavy (non-hydrogen) atoms. The van der Waals surface area contributed by atoms with E-state index in [1.165, 1.54) is 6.92 Å². The van der Waals surface area contributed by atoms with Crippen molar-refractivity contribution in [2.24, 2.45) is 0 Å². The molecule has 154 valence electrons. The summed E-state index contributed by atoms with van der Waals surface area (Å²) < 4.78 is 23.8. The van der Waals surface area contributed by atoms with E-state index in [0.29, 0.717) is 6.61 Å². The number of hydrogen-bond acceptors (Lipinski definition) is 6. The van der Waals surface area contributed by atoms with Crippen LogP contribution in [0.3, 0.4) is 0 Å². The van der Waals surface area contributed by atoms with Crippen LogP contribution in [0.15, 0.2) is 60.7 Å². The van der Waals surface area contributed by atoms with E-state index in [9.17, 15) is 9.90 Å². The van der Waals surface area contributed by atoms with Crippen LogP contribution in [0, 0.1) is 0 Å². The van der Waals surface area contributed by atoms with Crippen LogP contribution in [0.5, 0.6) is 0 Å². The minimum Gasteiger partial charge on any atom is -0.388 e. The van der Waals surface area contributed by atoms with E-state index in [1.54, 1.807) is 0 Å². The molecule has 0 bridgehead atoms. The first-order chi connectivity index (χ1) is 14.1. The topological polar surface area (TPSA) is 86.3 Å². The first-order valence-corrected chi connectivity index (χ1v) is 9.70. The Balaban J connectivity index is 1.48. The largest absolute Gasteiger partial charge is 0.388 e. The molecule has 2 aliphatic rings. The van der Waals surface area contributed by atoms with Gasteiger partial charge in [0.15, 0.2) is 12.6 Å².